The number of carbonyl (C=O) groups is 1. The molecule has 0 atom stereocenters. The molecule has 0 unspecified atom stereocenters. The van der Waals surface area contributed by atoms with Gasteiger partial charge in [0, 0.05) is 7.05 Å². The Morgan fingerprint density at radius 3 is 2.75 bits per heavy atom. The minimum Gasteiger partial charge on any atom is -0.492 e. The van der Waals surface area contributed by atoms with Gasteiger partial charge in [0.1, 0.15) is 23.9 Å². The van der Waals surface area contributed by atoms with E-state index in [0.29, 0.717) is 24.6 Å². The van der Waals surface area contributed by atoms with Crippen molar-refractivity contribution in [2.45, 2.75) is 0 Å². The molecule has 0 radical (unpaired) electrons. The van der Waals surface area contributed by atoms with Crippen LogP contribution >= 0.6 is 0 Å². The number of nitrogens with two attached hydrogens (primary N) is 1. The summed E-state index contributed by atoms with van der Waals surface area (Å²) < 4.78 is 18.1. The van der Waals surface area contributed by atoms with Crippen LogP contribution in [-0.4, -0.2) is 41.2 Å². The van der Waals surface area contributed by atoms with Crippen molar-refractivity contribution in [3.8, 4) is 5.75 Å². The van der Waals surface area contributed by atoms with Crippen LogP contribution in [0.4, 0.5) is 10.1 Å². The number of nitrogens with one attached hydrogen (secondary N) is 1. The van der Waals surface area contributed by atoms with E-state index in [1.165, 1.54) is 35.4 Å². The van der Waals surface area contributed by atoms with Crippen LogP contribution in [0, 0.1) is 5.82 Å². The number of carbonyl (C=O) groups excluding carboxylic acids is 1. The third kappa shape index (κ3) is 3.25. The average molecular weight is 278 g/mol. The van der Waals surface area contributed by atoms with Gasteiger partial charge in [-0.15, -0.1) is 0 Å². The number of aromatic amines is 1. The Balaban J connectivity index is 1.83. The standard InChI is InChI=1S/C13H15FN4O2/c1-18(13(19)12-11(15)8-16-17-12)6-7-20-10-4-2-9(14)3-5-10/h2-5,8H,6-7,15H2,1H3,(H,16,17). The molecule has 106 valence electrons. The van der Waals surface area contributed by atoms with Gasteiger partial charge in [0.25, 0.3) is 5.91 Å². The Kier molecular flexibility index (Phi) is 4.19. The molecular weight excluding hydrogens is 263 g/mol. The van der Waals surface area contributed by atoms with Crippen LogP contribution in [0.25, 0.3) is 0 Å². The fourth-order valence-corrected chi connectivity index (χ4v) is 1.59. The van der Waals surface area contributed by atoms with Gasteiger partial charge in [-0.3, -0.25) is 9.89 Å². The summed E-state index contributed by atoms with van der Waals surface area (Å²) in [6.07, 6.45) is 1.39. The van der Waals surface area contributed by atoms with E-state index in [-0.39, 0.29) is 17.4 Å². The first kappa shape index (κ1) is 13.9. The molecule has 0 spiro atoms. The van der Waals surface area contributed by atoms with Gasteiger partial charge in [-0.2, -0.15) is 5.10 Å². The Morgan fingerprint density at radius 2 is 2.15 bits per heavy atom. The number of anilines is 1. The number of hydrogen-bond donors (Lipinski definition) is 2. The molecule has 2 rings (SSSR count). The van der Waals surface area contributed by atoms with Crippen LogP contribution in [0.3, 0.4) is 0 Å². The lowest BCUT2D eigenvalue weighted by Gasteiger charge is -2.16. The van der Waals surface area contributed by atoms with Crippen molar-refractivity contribution in [2.24, 2.45) is 0 Å². The zero-order valence-corrected chi connectivity index (χ0v) is 11.0. The van der Waals surface area contributed by atoms with Crippen LogP contribution < -0.4 is 10.5 Å². The number of nitrogens with zero attached hydrogens (tertiary/aromatic N) is 2. The number of halogens is 1. The molecule has 1 heterocycles. The molecule has 1 aromatic heterocycles. The van der Waals surface area contributed by atoms with Gasteiger partial charge >= 0.3 is 0 Å². The molecule has 2 aromatic rings. The molecule has 1 amide bonds. The van der Waals surface area contributed by atoms with Crippen molar-refractivity contribution in [2.75, 3.05) is 25.9 Å². The van der Waals surface area contributed by atoms with E-state index in [4.69, 9.17) is 10.5 Å². The highest BCUT2D eigenvalue weighted by Crippen LogP contribution is 2.12. The molecule has 0 aliphatic rings. The Morgan fingerprint density at radius 1 is 1.45 bits per heavy atom. The molecule has 0 saturated carbocycles. The summed E-state index contributed by atoms with van der Waals surface area (Å²) in [5.41, 5.74) is 6.17. The maximum atomic E-state index is 12.7. The summed E-state index contributed by atoms with van der Waals surface area (Å²) >= 11 is 0. The third-order valence-corrected chi connectivity index (χ3v) is 2.74. The third-order valence-electron chi connectivity index (χ3n) is 2.74. The van der Waals surface area contributed by atoms with Crippen LogP contribution in [0.5, 0.6) is 5.75 Å². The van der Waals surface area contributed by atoms with Crippen molar-refractivity contribution in [1.82, 2.24) is 15.1 Å². The summed E-state index contributed by atoms with van der Waals surface area (Å²) in [4.78, 5) is 13.4. The minimum atomic E-state index is -0.320. The number of benzene rings is 1. The lowest BCUT2D eigenvalue weighted by molar-refractivity contribution is 0.0769. The van der Waals surface area contributed by atoms with Crippen LogP contribution in [0.15, 0.2) is 30.5 Å². The van der Waals surface area contributed by atoms with E-state index in [2.05, 4.69) is 10.2 Å². The van der Waals surface area contributed by atoms with E-state index in [0.717, 1.165) is 0 Å². The van der Waals surface area contributed by atoms with Crippen molar-refractivity contribution in [3.05, 3.63) is 42.0 Å². The van der Waals surface area contributed by atoms with E-state index in [9.17, 15) is 9.18 Å². The predicted octanol–water partition coefficient (Wildman–Crippen LogP) is 1.28. The SMILES string of the molecule is CN(CCOc1ccc(F)cc1)C(=O)c1[nH]ncc1N. The molecule has 20 heavy (non-hydrogen) atoms. The summed E-state index contributed by atoms with van der Waals surface area (Å²) in [6, 6.07) is 5.69. The smallest absolute Gasteiger partial charge is 0.273 e. The summed E-state index contributed by atoms with van der Waals surface area (Å²) in [7, 11) is 1.64. The first-order valence-electron chi connectivity index (χ1n) is 6.00. The lowest BCUT2D eigenvalue weighted by atomic mass is 10.3. The molecule has 0 aliphatic carbocycles. The second kappa shape index (κ2) is 6.05. The zero-order chi connectivity index (χ0) is 14.5. The van der Waals surface area contributed by atoms with Gasteiger partial charge in [0.05, 0.1) is 18.4 Å². The Labute approximate surface area is 115 Å². The lowest BCUT2D eigenvalue weighted by Crippen LogP contribution is -2.31. The van der Waals surface area contributed by atoms with Crippen molar-refractivity contribution >= 4 is 11.6 Å². The maximum Gasteiger partial charge on any atom is 0.273 e. The topological polar surface area (TPSA) is 84.2 Å². The number of likely N-dealkylation sites (N-methyl/N-ethyl adjacent to an activating group) is 1. The van der Waals surface area contributed by atoms with Gasteiger partial charge in [-0.05, 0) is 24.3 Å². The number of amides is 1. The highest BCUT2D eigenvalue weighted by atomic mass is 19.1. The van der Waals surface area contributed by atoms with Gasteiger partial charge in [0.15, 0.2) is 0 Å². The molecule has 3 N–H and O–H groups in total. The van der Waals surface area contributed by atoms with Crippen molar-refractivity contribution in [3.63, 3.8) is 0 Å². The molecular formula is C13H15FN4O2. The molecule has 0 bridgehead atoms. The first-order chi connectivity index (χ1) is 9.58. The summed E-state index contributed by atoms with van der Waals surface area (Å²) in [6.45, 7) is 0.663. The zero-order valence-electron chi connectivity index (χ0n) is 11.0. The minimum absolute atomic E-state index is 0.259. The van der Waals surface area contributed by atoms with E-state index in [1.807, 2.05) is 0 Å². The second-order valence-corrected chi connectivity index (χ2v) is 4.23. The largest absolute Gasteiger partial charge is 0.492 e. The van der Waals surface area contributed by atoms with Crippen molar-refractivity contribution < 1.29 is 13.9 Å². The number of aromatic nitrogens is 2. The molecule has 7 heteroatoms. The number of nitrogen functional groups attached to an aromatic ring is 1. The molecule has 1 aromatic carbocycles. The molecule has 6 nitrogen and oxygen atoms in total. The first-order valence-corrected chi connectivity index (χ1v) is 6.00. The maximum absolute atomic E-state index is 12.7. The highest BCUT2D eigenvalue weighted by Gasteiger charge is 2.16. The molecule has 0 saturated heterocycles. The number of ether oxygens (including phenoxy) is 1. The highest BCUT2D eigenvalue weighted by molar-refractivity contribution is 5.96. The summed E-state index contributed by atoms with van der Waals surface area (Å²) in [5, 5.41) is 6.25. The molecule has 0 aliphatic heterocycles. The van der Waals surface area contributed by atoms with Crippen LogP contribution in [0.1, 0.15) is 10.5 Å². The number of hydrogen-bond acceptors (Lipinski definition) is 4. The van der Waals surface area contributed by atoms with Crippen molar-refractivity contribution in [1.29, 1.82) is 0 Å². The second-order valence-electron chi connectivity index (χ2n) is 4.23. The number of rotatable bonds is 5. The van der Waals surface area contributed by atoms with E-state index < -0.39 is 0 Å². The normalized spacial score (nSPS) is 10.3. The van der Waals surface area contributed by atoms with E-state index in [1.54, 1.807) is 7.05 Å². The van der Waals surface area contributed by atoms with E-state index >= 15 is 0 Å². The Bertz CT molecular complexity index is 582. The fraction of sp³-hybridized carbons (Fsp3) is 0.231. The summed E-state index contributed by atoms with van der Waals surface area (Å²) in [5.74, 6) is -0.0321. The van der Waals surface area contributed by atoms with Gasteiger partial charge in [-0.25, -0.2) is 4.39 Å². The quantitative estimate of drug-likeness (QED) is 0.863. The van der Waals surface area contributed by atoms with Crippen LogP contribution in [0.2, 0.25) is 0 Å². The number of H-pyrrole nitrogens is 1. The predicted molar refractivity (Wildman–Crippen MR) is 71.9 cm³/mol. The fourth-order valence-electron chi connectivity index (χ4n) is 1.59. The average Bonchev–Trinajstić information content (AvgIpc) is 2.86. The van der Waals surface area contributed by atoms with Gasteiger partial charge in [-0.1, -0.05) is 0 Å². The monoisotopic (exact) mass is 278 g/mol. The molecule has 0 fully saturated rings. The Hall–Kier alpha value is -2.57. The van der Waals surface area contributed by atoms with Crippen LogP contribution in [-0.2, 0) is 0 Å². The van der Waals surface area contributed by atoms with Gasteiger partial charge < -0.3 is 15.4 Å². The van der Waals surface area contributed by atoms with Gasteiger partial charge in [0.2, 0.25) is 0 Å².